The largest absolute Gasteiger partial charge is 0.390 e. The number of aliphatic hydroxyl groups excluding tert-OH is 1. The molecule has 0 aliphatic rings. The van der Waals surface area contributed by atoms with Crippen molar-refractivity contribution in [2.75, 3.05) is 18.1 Å². The molecule has 11 heteroatoms. The number of amides is 2. The van der Waals surface area contributed by atoms with E-state index in [1.807, 2.05) is 0 Å². The Bertz CT molecular complexity index is 823. The average Bonchev–Trinajstić information content (AvgIpc) is 3.01. The van der Waals surface area contributed by atoms with Gasteiger partial charge in [-0.2, -0.15) is 0 Å². The topological polar surface area (TPSA) is 139 Å². The van der Waals surface area contributed by atoms with Crippen molar-refractivity contribution in [3.63, 3.8) is 0 Å². The summed E-state index contributed by atoms with van der Waals surface area (Å²) in [6.45, 7) is -0.314. The maximum Gasteiger partial charge on any atom is 0.271 e. The van der Waals surface area contributed by atoms with Crippen LogP contribution in [-0.2, 0) is 22.7 Å². The predicted molar refractivity (Wildman–Crippen MR) is 94.7 cm³/mol. The van der Waals surface area contributed by atoms with Crippen LogP contribution in [0.1, 0.15) is 5.69 Å². The molecule has 0 aliphatic carbocycles. The van der Waals surface area contributed by atoms with E-state index in [1.165, 1.54) is 36.0 Å². The molecule has 0 fully saturated rings. The molecule has 1 aromatic carbocycles. The number of likely N-dealkylation sites (N-methyl/N-ethyl adjacent to an activating group) is 1. The molecule has 0 saturated carbocycles. The highest BCUT2D eigenvalue weighted by atomic mass is 32.2. The van der Waals surface area contributed by atoms with Crippen molar-refractivity contribution in [1.82, 2.24) is 14.9 Å². The van der Waals surface area contributed by atoms with Gasteiger partial charge in [-0.05, 0) is 6.07 Å². The Morgan fingerprint density at radius 3 is 2.81 bits per heavy atom. The van der Waals surface area contributed by atoms with Gasteiger partial charge in [-0.3, -0.25) is 19.7 Å². The van der Waals surface area contributed by atoms with Gasteiger partial charge in [0, 0.05) is 24.9 Å². The number of nitrogens with zero attached hydrogens (tertiary/aromatic N) is 3. The number of non-ortho nitro benzene ring substituents is 1. The second-order valence-electron chi connectivity index (χ2n) is 5.09. The third kappa shape index (κ3) is 5.04. The summed E-state index contributed by atoms with van der Waals surface area (Å²) in [7, 11) is 1.50. The lowest BCUT2D eigenvalue weighted by Gasteiger charge is -2.10. The number of carbonyl (C=O) groups is 2. The fraction of sp³-hybridized carbons (Fsp3) is 0.267. The number of thioether (sulfide) groups is 1. The van der Waals surface area contributed by atoms with Gasteiger partial charge in [0.1, 0.15) is 6.54 Å². The molecule has 2 rings (SSSR count). The van der Waals surface area contributed by atoms with Crippen LogP contribution in [0.15, 0.2) is 35.6 Å². The molecule has 2 aromatic rings. The van der Waals surface area contributed by atoms with E-state index >= 15 is 0 Å². The van der Waals surface area contributed by atoms with Crippen molar-refractivity contribution in [2.45, 2.75) is 18.3 Å². The highest BCUT2D eigenvalue weighted by Gasteiger charge is 2.15. The maximum absolute atomic E-state index is 12.1. The molecule has 1 aromatic heterocycles. The number of imidazole rings is 1. The van der Waals surface area contributed by atoms with Gasteiger partial charge >= 0.3 is 0 Å². The fourth-order valence-electron chi connectivity index (χ4n) is 2.05. The summed E-state index contributed by atoms with van der Waals surface area (Å²) >= 11 is 1.09. The number of aromatic nitrogens is 2. The lowest BCUT2D eigenvalue weighted by atomic mass is 10.3. The third-order valence-corrected chi connectivity index (χ3v) is 4.31. The Morgan fingerprint density at radius 2 is 2.15 bits per heavy atom. The first kappa shape index (κ1) is 19.4. The van der Waals surface area contributed by atoms with E-state index in [0.29, 0.717) is 16.5 Å². The summed E-state index contributed by atoms with van der Waals surface area (Å²) in [4.78, 5) is 38.0. The summed E-state index contributed by atoms with van der Waals surface area (Å²) in [5.74, 6) is -0.658. The van der Waals surface area contributed by atoms with Crippen LogP contribution in [-0.4, -0.2) is 44.2 Å². The Labute approximate surface area is 152 Å². The van der Waals surface area contributed by atoms with Gasteiger partial charge in [-0.15, -0.1) is 0 Å². The smallest absolute Gasteiger partial charge is 0.271 e. The van der Waals surface area contributed by atoms with Crippen LogP contribution >= 0.6 is 11.8 Å². The molecular formula is C15H17N5O5S. The molecule has 3 N–H and O–H groups in total. The number of carbonyl (C=O) groups excluding carboxylic acids is 2. The van der Waals surface area contributed by atoms with Crippen molar-refractivity contribution in [1.29, 1.82) is 0 Å². The van der Waals surface area contributed by atoms with Crippen LogP contribution in [0, 0.1) is 10.1 Å². The van der Waals surface area contributed by atoms with E-state index in [1.54, 1.807) is 6.07 Å². The first-order valence-corrected chi connectivity index (χ1v) is 8.46. The van der Waals surface area contributed by atoms with Gasteiger partial charge in [0.15, 0.2) is 5.16 Å². The van der Waals surface area contributed by atoms with Crippen LogP contribution in [0.2, 0.25) is 0 Å². The first-order chi connectivity index (χ1) is 12.4. The standard InChI is InChI=1S/C15H17N5O5S/c1-16-13(22)7-19-12(8-21)6-17-15(19)26-9-14(23)18-10-3-2-4-11(5-10)20(24)25/h2-6,21H,7-9H2,1H3,(H,16,22)(H,18,23). The molecule has 0 aliphatic heterocycles. The van der Waals surface area contributed by atoms with Crippen LogP contribution in [0.4, 0.5) is 11.4 Å². The Kier molecular flexibility index (Phi) is 6.69. The zero-order valence-electron chi connectivity index (χ0n) is 13.8. The molecule has 0 saturated heterocycles. The van der Waals surface area contributed by atoms with Gasteiger partial charge in [0.25, 0.3) is 5.69 Å². The normalized spacial score (nSPS) is 10.4. The molecular weight excluding hydrogens is 362 g/mol. The zero-order chi connectivity index (χ0) is 19.1. The second kappa shape index (κ2) is 8.97. The Balaban J connectivity index is 2.01. The van der Waals surface area contributed by atoms with E-state index < -0.39 is 4.92 Å². The molecule has 138 valence electrons. The van der Waals surface area contributed by atoms with Gasteiger partial charge in [0.05, 0.1) is 29.2 Å². The minimum Gasteiger partial charge on any atom is -0.390 e. The Hall–Kier alpha value is -2.92. The lowest BCUT2D eigenvalue weighted by molar-refractivity contribution is -0.384. The second-order valence-corrected chi connectivity index (χ2v) is 6.04. The monoisotopic (exact) mass is 379 g/mol. The molecule has 0 radical (unpaired) electrons. The zero-order valence-corrected chi connectivity index (χ0v) is 14.7. The number of nitro benzene ring substituents is 1. The number of aliphatic hydroxyl groups is 1. The third-order valence-electron chi connectivity index (χ3n) is 3.32. The van der Waals surface area contributed by atoms with Crippen LogP contribution in [0.3, 0.4) is 0 Å². The fourth-order valence-corrected chi connectivity index (χ4v) is 2.85. The molecule has 0 bridgehead atoms. The molecule has 2 amide bonds. The summed E-state index contributed by atoms with van der Waals surface area (Å²) in [6.07, 6.45) is 1.43. The number of hydrogen-bond donors (Lipinski definition) is 3. The quantitative estimate of drug-likeness (QED) is 0.349. The molecule has 26 heavy (non-hydrogen) atoms. The number of benzene rings is 1. The molecule has 10 nitrogen and oxygen atoms in total. The molecule has 1 heterocycles. The van der Waals surface area contributed by atoms with Crippen LogP contribution in [0.5, 0.6) is 0 Å². The summed E-state index contributed by atoms with van der Waals surface area (Å²) < 4.78 is 1.52. The van der Waals surface area contributed by atoms with Gasteiger partial charge < -0.3 is 20.3 Å². The van der Waals surface area contributed by atoms with Gasteiger partial charge in [0.2, 0.25) is 11.8 Å². The summed E-state index contributed by atoms with van der Waals surface area (Å²) in [6, 6.07) is 5.62. The van der Waals surface area contributed by atoms with Crippen molar-refractivity contribution >= 4 is 35.0 Å². The summed E-state index contributed by atoms with van der Waals surface area (Å²) in [5.41, 5.74) is 0.647. The number of nitro groups is 1. The first-order valence-electron chi connectivity index (χ1n) is 7.47. The number of hydrogen-bond acceptors (Lipinski definition) is 7. The van der Waals surface area contributed by atoms with Gasteiger partial charge in [-0.1, -0.05) is 17.8 Å². The van der Waals surface area contributed by atoms with Crippen molar-refractivity contribution in [3.05, 3.63) is 46.3 Å². The van der Waals surface area contributed by atoms with Crippen LogP contribution < -0.4 is 10.6 Å². The number of anilines is 1. The predicted octanol–water partition coefficient (Wildman–Crippen LogP) is 0.760. The van der Waals surface area contributed by atoms with Crippen molar-refractivity contribution < 1.29 is 19.6 Å². The highest BCUT2D eigenvalue weighted by Crippen LogP contribution is 2.20. The lowest BCUT2D eigenvalue weighted by Crippen LogP contribution is -2.25. The highest BCUT2D eigenvalue weighted by molar-refractivity contribution is 7.99. The number of nitrogens with one attached hydrogen (secondary N) is 2. The van der Waals surface area contributed by atoms with E-state index in [2.05, 4.69) is 15.6 Å². The van der Waals surface area contributed by atoms with Crippen LogP contribution in [0.25, 0.3) is 0 Å². The minimum atomic E-state index is -0.545. The minimum absolute atomic E-state index is 0.0156. The van der Waals surface area contributed by atoms with Gasteiger partial charge in [-0.25, -0.2) is 4.98 Å². The SMILES string of the molecule is CNC(=O)Cn1c(CO)cnc1SCC(=O)Nc1cccc([N+](=O)[O-])c1. The average molecular weight is 379 g/mol. The Morgan fingerprint density at radius 1 is 1.38 bits per heavy atom. The molecule has 0 spiro atoms. The number of rotatable bonds is 8. The van der Waals surface area contributed by atoms with E-state index in [0.717, 1.165) is 11.8 Å². The van der Waals surface area contributed by atoms with Crippen molar-refractivity contribution in [2.24, 2.45) is 0 Å². The molecule has 0 atom stereocenters. The van der Waals surface area contributed by atoms with E-state index in [9.17, 15) is 24.8 Å². The molecule has 0 unspecified atom stereocenters. The van der Waals surface area contributed by atoms with Crippen molar-refractivity contribution in [3.8, 4) is 0 Å². The summed E-state index contributed by atoms with van der Waals surface area (Å²) in [5, 5.41) is 25.5. The van der Waals surface area contributed by atoms with E-state index in [-0.39, 0.29) is 36.4 Å². The maximum atomic E-state index is 12.1. The van der Waals surface area contributed by atoms with E-state index in [4.69, 9.17) is 0 Å².